The molecular weight excluding hydrogens is 148 g/mol. The fourth-order valence-electron chi connectivity index (χ4n) is 0.821. The van der Waals surface area contributed by atoms with Crippen LogP contribution in [0.3, 0.4) is 0 Å². The molecule has 64 valence electrons. The van der Waals surface area contributed by atoms with E-state index in [4.69, 9.17) is 9.84 Å². The number of esters is 1. The average molecular weight is 160 g/mol. The van der Waals surface area contributed by atoms with Gasteiger partial charge in [-0.15, -0.1) is 0 Å². The van der Waals surface area contributed by atoms with Crippen LogP contribution in [0.15, 0.2) is 0 Å². The van der Waals surface area contributed by atoms with Crippen LogP contribution in [0.5, 0.6) is 0 Å². The summed E-state index contributed by atoms with van der Waals surface area (Å²) in [5.74, 6) is -0.404. The molecule has 1 aliphatic carbocycles. The molecule has 0 amide bonds. The van der Waals surface area contributed by atoms with E-state index in [2.05, 4.69) is 4.74 Å². The SMILES string of the molecule is COCC(=O)OC1(CO)CC1. The fourth-order valence-corrected chi connectivity index (χ4v) is 0.821. The fraction of sp³-hybridized carbons (Fsp3) is 0.857. The molecule has 0 aromatic rings. The topological polar surface area (TPSA) is 55.8 Å². The van der Waals surface area contributed by atoms with Crippen LogP contribution >= 0.6 is 0 Å². The minimum Gasteiger partial charge on any atom is -0.455 e. The van der Waals surface area contributed by atoms with Crippen LogP contribution in [-0.2, 0) is 14.3 Å². The quantitative estimate of drug-likeness (QED) is 0.574. The molecule has 0 atom stereocenters. The highest BCUT2D eigenvalue weighted by Gasteiger charge is 2.46. The van der Waals surface area contributed by atoms with Crippen LogP contribution in [-0.4, -0.2) is 37.0 Å². The molecule has 0 radical (unpaired) electrons. The summed E-state index contributed by atoms with van der Waals surface area (Å²) in [7, 11) is 1.43. The van der Waals surface area contributed by atoms with Crippen molar-refractivity contribution >= 4 is 5.97 Å². The summed E-state index contributed by atoms with van der Waals surface area (Å²) in [5.41, 5.74) is -0.560. The van der Waals surface area contributed by atoms with Crippen molar-refractivity contribution in [3.8, 4) is 0 Å². The minimum absolute atomic E-state index is 0.0399. The largest absolute Gasteiger partial charge is 0.455 e. The van der Waals surface area contributed by atoms with Crippen LogP contribution in [0.25, 0.3) is 0 Å². The first-order valence-corrected chi connectivity index (χ1v) is 3.54. The monoisotopic (exact) mass is 160 g/mol. The highest BCUT2D eigenvalue weighted by Crippen LogP contribution is 2.38. The lowest BCUT2D eigenvalue weighted by atomic mass is 10.4. The Morgan fingerprint density at radius 1 is 1.64 bits per heavy atom. The van der Waals surface area contributed by atoms with Gasteiger partial charge in [0.25, 0.3) is 0 Å². The van der Waals surface area contributed by atoms with Gasteiger partial charge in [0, 0.05) is 7.11 Å². The van der Waals surface area contributed by atoms with Gasteiger partial charge in [-0.25, -0.2) is 4.79 Å². The molecule has 1 rings (SSSR count). The molecule has 0 bridgehead atoms. The van der Waals surface area contributed by atoms with Crippen molar-refractivity contribution in [2.45, 2.75) is 18.4 Å². The van der Waals surface area contributed by atoms with Crippen LogP contribution in [0.2, 0.25) is 0 Å². The molecule has 0 unspecified atom stereocenters. The standard InChI is InChI=1S/C7H12O4/c1-10-4-6(9)11-7(5-8)2-3-7/h8H,2-5H2,1H3. The Kier molecular flexibility index (Phi) is 2.46. The van der Waals surface area contributed by atoms with E-state index in [0.717, 1.165) is 12.8 Å². The first-order chi connectivity index (χ1) is 5.22. The predicted molar refractivity (Wildman–Crippen MR) is 37.0 cm³/mol. The van der Waals surface area contributed by atoms with Gasteiger partial charge in [0.1, 0.15) is 12.2 Å². The number of aliphatic hydroxyl groups is 1. The highest BCUT2D eigenvalue weighted by atomic mass is 16.6. The normalized spacial score (nSPS) is 19.5. The summed E-state index contributed by atoms with van der Waals surface area (Å²) in [6, 6.07) is 0. The molecule has 0 aromatic carbocycles. The van der Waals surface area contributed by atoms with Crippen molar-refractivity contribution < 1.29 is 19.4 Å². The molecule has 4 heteroatoms. The van der Waals surface area contributed by atoms with E-state index in [1.165, 1.54) is 7.11 Å². The van der Waals surface area contributed by atoms with E-state index in [1.807, 2.05) is 0 Å². The third-order valence-corrected chi connectivity index (χ3v) is 1.69. The maximum absolute atomic E-state index is 10.8. The second-order valence-corrected chi connectivity index (χ2v) is 2.75. The van der Waals surface area contributed by atoms with Crippen molar-refractivity contribution in [1.82, 2.24) is 0 Å². The van der Waals surface area contributed by atoms with Crippen LogP contribution < -0.4 is 0 Å². The number of carbonyl (C=O) groups is 1. The second kappa shape index (κ2) is 3.19. The number of methoxy groups -OCH3 is 1. The molecule has 1 aliphatic rings. The summed E-state index contributed by atoms with van der Waals surface area (Å²) in [6.07, 6.45) is 1.53. The van der Waals surface area contributed by atoms with E-state index in [-0.39, 0.29) is 13.2 Å². The van der Waals surface area contributed by atoms with Crippen LogP contribution in [0.1, 0.15) is 12.8 Å². The summed E-state index contributed by atoms with van der Waals surface area (Å²) in [6.45, 7) is -0.121. The predicted octanol–water partition coefficient (Wildman–Crippen LogP) is -0.299. The zero-order valence-electron chi connectivity index (χ0n) is 6.50. The maximum atomic E-state index is 10.8. The Bertz CT molecular complexity index is 151. The molecule has 0 saturated heterocycles. The Hall–Kier alpha value is -0.610. The maximum Gasteiger partial charge on any atom is 0.332 e. The number of hydrogen-bond donors (Lipinski definition) is 1. The summed E-state index contributed by atoms with van der Waals surface area (Å²) >= 11 is 0. The molecule has 1 saturated carbocycles. The van der Waals surface area contributed by atoms with Gasteiger partial charge in [0.15, 0.2) is 0 Å². The van der Waals surface area contributed by atoms with Gasteiger partial charge in [0.2, 0.25) is 0 Å². The molecule has 1 N–H and O–H groups in total. The zero-order valence-corrected chi connectivity index (χ0v) is 6.50. The van der Waals surface area contributed by atoms with Crippen molar-refractivity contribution in [2.75, 3.05) is 20.3 Å². The van der Waals surface area contributed by atoms with Crippen LogP contribution in [0.4, 0.5) is 0 Å². The number of ether oxygens (including phenoxy) is 2. The Morgan fingerprint density at radius 3 is 2.64 bits per heavy atom. The zero-order chi connectivity index (χ0) is 8.32. The summed E-state index contributed by atoms with van der Waals surface area (Å²) < 4.78 is 9.49. The Morgan fingerprint density at radius 2 is 2.27 bits per heavy atom. The highest BCUT2D eigenvalue weighted by molar-refractivity contribution is 5.71. The van der Waals surface area contributed by atoms with Gasteiger partial charge in [-0.1, -0.05) is 0 Å². The van der Waals surface area contributed by atoms with Crippen molar-refractivity contribution in [3.05, 3.63) is 0 Å². The molecule has 0 spiro atoms. The van der Waals surface area contributed by atoms with E-state index in [1.54, 1.807) is 0 Å². The summed E-state index contributed by atoms with van der Waals surface area (Å²) in [4.78, 5) is 10.8. The van der Waals surface area contributed by atoms with Crippen molar-refractivity contribution in [2.24, 2.45) is 0 Å². The number of rotatable bonds is 4. The second-order valence-electron chi connectivity index (χ2n) is 2.75. The number of aliphatic hydroxyl groups excluding tert-OH is 1. The first kappa shape index (κ1) is 8.49. The molecule has 0 aliphatic heterocycles. The van der Waals surface area contributed by atoms with Gasteiger partial charge in [-0.3, -0.25) is 0 Å². The smallest absolute Gasteiger partial charge is 0.332 e. The number of hydrogen-bond acceptors (Lipinski definition) is 4. The van der Waals surface area contributed by atoms with E-state index in [0.29, 0.717) is 0 Å². The van der Waals surface area contributed by atoms with Gasteiger partial charge < -0.3 is 14.6 Å². The van der Waals surface area contributed by atoms with E-state index < -0.39 is 11.6 Å². The Labute approximate surface area is 65.1 Å². The van der Waals surface area contributed by atoms with Gasteiger partial charge in [-0.05, 0) is 12.8 Å². The van der Waals surface area contributed by atoms with Gasteiger partial charge in [0.05, 0.1) is 6.61 Å². The number of carbonyl (C=O) groups excluding carboxylic acids is 1. The van der Waals surface area contributed by atoms with E-state index >= 15 is 0 Å². The lowest BCUT2D eigenvalue weighted by Gasteiger charge is -2.12. The molecule has 1 fully saturated rings. The third kappa shape index (κ3) is 2.17. The third-order valence-electron chi connectivity index (χ3n) is 1.69. The molecule has 11 heavy (non-hydrogen) atoms. The van der Waals surface area contributed by atoms with Crippen molar-refractivity contribution in [1.29, 1.82) is 0 Å². The molecular formula is C7H12O4. The van der Waals surface area contributed by atoms with Crippen molar-refractivity contribution in [3.63, 3.8) is 0 Å². The first-order valence-electron chi connectivity index (χ1n) is 3.54. The van der Waals surface area contributed by atoms with E-state index in [9.17, 15) is 4.79 Å². The molecule has 0 heterocycles. The lowest BCUT2D eigenvalue weighted by Crippen LogP contribution is -2.25. The molecule has 4 nitrogen and oxygen atoms in total. The Balaban J connectivity index is 2.24. The average Bonchev–Trinajstić information content (AvgIpc) is 2.70. The van der Waals surface area contributed by atoms with Gasteiger partial charge >= 0.3 is 5.97 Å². The molecule has 0 aromatic heterocycles. The van der Waals surface area contributed by atoms with Crippen LogP contribution in [0, 0.1) is 0 Å². The lowest BCUT2D eigenvalue weighted by molar-refractivity contribution is -0.157. The summed E-state index contributed by atoms with van der Waals surface area (Å²) in [5, 5.41) is 8.76. The minimum atomic E-state index is -0.560. The van der Waals surface area contributed by atoms with Gasteiger partial charge in [-0.2, -0.15) is 0 Å².